The average molecular weight is 229 g/mol. The predicted octanol–water partition coefficient (Wildman–Crippen LogP) is 2.81. The lowest BCUT2D eigenvalue weighted by atomic mass is 10.1. The van der Waals surface area contributed by atoms with Gasteiger partial charge in [0.2, 0.25) is 0 Å². The number of carbonyl (C=O) groups is 1. The highest BCUT2D eigenvalue weighted by atomic mass is 16.5. The number of rotatable bonds is 3. The molecule has 0 saturated carbocycles. The number of fused-ring (bicyclic) bond motifs is 1. The molecule has 0 unspecified atom stereocenters. The van der Waals surface area contributed by atoms with Crippen LogP contribution in [0.25, 0.3) is 10.8 Å². The lowest BCUT2D eigenvalue weighted by Crippen LogP contribution is -2.27. The van der Waals surface area contributed by atoms with Crippen molar-refractivity contribution in [1.82, 2.24) is 0 Å². The summed E-state index contributed by atoms with van der Waals surface area (Å²) in [7, 11) is 1.39. The molecule has 0 amide bonds. The van der Waals surface area contributed by atoms with Gasteiger partial charge in [0.25, 0.3) is 0 Å². The van der Waals surface area contributed by atoms with Crippen molar-refractivity contribution in [2.45, 2.75) is 13.0 Å². The fraction of sp³-hybridized carbons (Fsp3) is 0.214. The van der Waals surface area contributed by atoms with Crippen molar-refractivity contribution in [2.75, 3.05) is 12.4 Å². The van der Waals surface area contributed by atoms with E-state index in [0.717, 1.165) is 11.1 Å². The first-order valence-electron chi connectivity index (χ1n) is 5.54. The quantitative estimate of drug-likeness (QED) is 0.822. The van der Waals surface area contributed by atoms with Gasteiger partial charge in [-0.05, 0) is 29.8 Å². The minimum absolute atomic E-state index is 0.266. The molecule has 88 valence electrons. The summed E-state index contributed by atoms with van der Waals surface area (Å²) in [6.07, 6.45) is 0. The van der Waals surface area contributed by atoms with Crippen LogP contribution in [-0.4, -0.2) is 19.1 Å². The van der Waals surface area contributed by atoms with E-state index in [1.165, 1.54) is 12.5 Å². The van der Waals surface area contributed by atoms with Crippen molar-refractivity contribution in [3.05, 3.63) is 42.5 Å². The standard InChI is InChI=1S/C14H15NO2/c1-10(14(16)17-2)15-13-8-7-11-5-3-4-6-12(11)9-13/h3-10,15H,1-2H3/t10-/m1/s1. The van der Waals surface area contributed by atoms with Gasteiger partial charge in [-0.2, -0.15) is 0 Å². The number of hydrogen-bond donors (Lipinski definition) is 1. The molecule has 1 N–H and O–H groups in total. The third-order valence-electron chi connectivity index (χ3n) is 2.69. The number of methoxy groups -OCH3 is 1. The zero-order valence-electron chi connectivity index (χ0n) is 9.94. The zero-order chi connectivity index (χ0) is 12.3. The molecule has 0 bridgehead atoms. The van der Waals surface area contributed by atoms with Crippen molar-refractivity contribution >= 4 is 22.4 Å². The number of hydrogen-bond acceptors (Lipinski definition) is 3. The Morgan fingerprint density at radius 3 is 2.59 bits per heavy atom. The van der Waals surface area contributed by atoms with Gasteiger partial charge in [0, 0.05) is 5.69 Å². The molecule has 1 atom stereocenters. The molecular weight excluding hydrogens is 214 g/mol. The molecule has 0 aliphatic carbocycles. The van der Waals surface area contributed by atoms with E-state index in [9.17, 15) is 4.79 Å². The molecule has 17 heavy (non-hydrogen) atoms. The Morgan fingerprint density at radius 1 is 1.18 bits per heavy atom. The van der Waals surface area contributed by atoms with Crippen molar-refractivity contribution < 1.29 is 9.53 Å². The Labute approximate surface area is 100 Å². The van der Waals surface area contributed by atoms with Gasteiger partial charge in [0.15, 0.2) is 0 Å². The van der Waals surface area contributed by atoms with Gasteiger partial charge >= 0.3 is 5.97 Å². The highest BCUT2D eigenvalue weighted by Crippen LogP contribution is 2.19. The second-order valence-electron chi connectivity index (χ2n) is 3.95. The van der Waals surface area contributed by atoms with Gasteiger partial charge in [-0.1, -0.05) is 30.3 Å². The van der Waals surface area contributed by atoms with E-state index in [-0.39, 0.29) is 12.0 Å². The van der Waals surface area contributed by atoms with Crippen LogP contribution in [0, 0.1) is 0 Å². The Balaban J connectivity index is 2.22. The van der Waals surface area contributed by atoms with Crippen LogP contribution in [0.4, 0.5) is 5.69 Å². The maximum atomic E-state index is 11.3. The molecule has 2 rings (SSSR count). The summed E-state index contributed by atoms with van der Waals surface area (Å²) < 4.78 is 4.67. The predicted molar refractivity (Wildman–Crippen MR) is 69.0 cm³/mol. The number of carbonyl (C=O) groups excluding carboxylic acids is 1. The molecule has 0 spiro atoms. The Kier molecular flexibility index (Phi) is 3.28. The van der Waals surface area contributed by atoms with Crippen LogP contribution in [0.5, 0.6) is 0 Å². The van der Waals surface area contributed by atoms with Crippen LogP contribution < -0.4 is 5.32 Å². The molecule has 0 aliphatic heterocycles. The highest BCUT2D eigenvalue weighted by molar-refractivity contribution is 5.86. The zero-order valence-corrected chi connectivity index (χ0v) is 9.94. The summed E-state index contributed by atoms with van der Waals surface area (Å²) in [6, 6.07) is 13.8. The van der Waals surface area contributed by atoms with Gasteiger partial charge in [-0.15, -0.1) is 0 Å². The van der Waals surface area contributed by atoms with Gasteiger partial charge in [-0.25, -0.2) is 4.79 Å². The Morgan fingerprint density at radius 2 is 1.88 bits per heavy atom. The molecule has 0 aliphatic rings. The second kappa shape index (κ2) is 4.87. The number of esters is 1. The summed E-state index contributed by atoms with van der Waals surface area (Å²) in [5, 5.41) is 5.44. The van der Waals surface area contributed by atoms with Crippen molar-refractivity contribution in [3.63, 3.8) is 0 Å². The van der Waals surface area contributed by atoms with E-state index in [0.29, 0.717) is 0 Å². The van der Waals surface area contributed by atoms with Gasteiger partial charge < -0.3 is 10.1 Å². The molecule has 0 fully saturated rings. The van der Waals surface area contributed by atoms with E-state index in [2.05, 4.69) is 16.1 Å². The van der Waals surface area contributed by atoms with Crippen molar-refractivity contribution in [3.8, 4) is 0 Å². The molecule has 2 aromatic carbocycles. The fourth-order valence-electron chi connectivity index (χ4n) is 1.76. The second-order valence-corrected chi connectivity index (χ2v) is 3.95. The van der Waals surface area contributed by atoms with Gasteiger partial charge in [-0.3, -0.25) is 0 Å². The van der Waals surface area contributed by atoms with E-state index in [1.807, 2.05) is 36.4 Å². The minimum atomic E-state index is -0.346. The first kappa shape index (κ1) is 11.5. The van der Waals surface area contributed by atoms with Crippen LogP contribution in [0.2, 0.25) is 0 Å². The minimum Gasteiger partial charge on any atom is -0.467 e. The van der Waals surface area contributed by atoms with Crippen LogP contribution in [-0.2, 0) is 9.53 Å². The molecular formula is C14H15NO2. The maximum Gasteiger partial charge on any atom is 0.327 e. The van der Waals surface area contributed by atoms with Gasteiger partial charge in [0.05, 0.1) is 7.11 Å². The SMILES string of the molecule is COC(=O)[C@@H](C)Nc1ccc2ccccc2c1. The van der Waals surface area contributed by atoms with Crippen molar-refractivity contribution in [1.29, 1.82) is 0 Å². The van der Waals surface area contributed by atoms with E-state index < -0.39 is 0 Å². The van der Waals surface area contributed by atoms with E-state index in [1.54, 1.807) is 6.92 Å². The average Bonchev–Trinajstić information content (AvgIpc) is 2.37. The van der Waals surface area contributed by atoms with Gasteiger partial charge in [0.1, 0.15) is 6.04 Å². The monoisotopic (exact) mass is 229 g/mol. The van der Waals surface area contributed by atoms with E-state index >= 15 is 0 Å². The van der Waals surface area contributed by atoms with Crippen molar-refractivity contribution in [2.24, 2.45) is 0 Å². The normalized spacial score (nSPS) is 12.1. The van der Waals surface area contributed by atoms with Crippen LogP contribution in [0.1, 0.15) is 6.92 Å². The molecule has 0 aromatic heterocycles. The third-order valence-corrected chi connectivity index (χ3v) is 2.69. The Bertz CT molecular complexity index is 536. The number of benzene rings is 2. The number of ether oxygens (including phenoxy) is 1. The largest absolute Gasteiger partial charge is 0.467 e. The Hall–Kier alpha value is -2.03. The summed E-state index contributed by atoms with van der Waals surface area (Å²) in [5.41, 5.74) is 0.918. The lowest BCUT2D eigenvalue weighted by molar-refractivity contribution is -0.141. The summed E-state index contributed by atoms with van der Waals surface area (Å²) in [4.78, 5) is 11.3. The number of nitrogens with one attached hydrogen (secondary N) is 1. The smallest absolute Gasteiger partial charge is 0.327 e. The van der Waals surface area contributed by atoms with Crippen LogP contribution in [0.15, 0.2) is 42.5 Å². The molecule has 3 nitrogen and oxygen atoms in total. The molecule has 0 heterocycles. The molecule has 0 radical (unpaired) electrons. The summed E-state index contributed by atoms with van der Waals surface area (Å²) >= 11 is 0. The molecule has 0 saturated heterocycles. The number of anilines is 1. The summed E-state index contributed by atoms with van der Waals surface area (Å²) in [6.45, 7) is 1.78. The topological polar surface area (TPSA) is 38.3 Å². The molecule has 2 aromatic rings. The fourth-order valence-corrected chi connectivity index (χ4v) is 1.76. The van der Waals surface area contributed by atoms with Crippen LogP contribution in [0.3, 0.4) is 0 Å². The highest BCUT2D eigenvalue weighted by Gasteiger charge is 2.12. The third kappa shape index (κ3) is 2.56. The summed E-state index contributed by atoms with van der Waals surface area (Å²) in [5.74, 6) is -0.266. The first-order chi connectivity index (χ1) is 8.20. The lowest BCUT2D eigenvalue weighted by Gasteiger charge is -2.13. The van der Waals surface area contributed by atoms with Crippen LogP contribution >= 0.6 is 0 Å². The molecule has 3 heteroatoms. The first-order valence-corrected chi connectivity index (χ1v) is 5.54. The van der Waals surface area contributed by atoms with E-state index in [4.69, 9.17) is 0 Å². The maximum absolute atomic E-state index is 11.3.